The Bertz CT molecular complexity index is 591. The number of hydrogen-bond donors (Lipinski definition) is 0. The second-order valence-electron chi connectivity index (χ2n) is 4.97. The molecule has 2 rings (SSSR count). The van der Waals surface area contributed by atoms with Crippen LogP contribution in [0.25, 0.3) is 0 Å². The van der Waals surface area contributed by atoms with Gasteiger partial charge in [0.25, 0.3) is 0 Å². The molecule has 112 valence electrons. The van der Waals surface area contributed by atoms with E-state index in [1.54, 1.807) is 6.07 Å². The zero-order valence-corrected chi connectivity index (χ0v) is 11.8. The van der Waals surface area contributed by atoms with E-state index < -0.39 is 11.7 Å². The third-order valence-corrected chi connectivity index (χ3v) is 2.87. The van der Waals surface area contributed by atoms with Crippen molar-refractivity contribution in [3.8, 4) is 11.5 Å². The van der Waals surface area contributed by atoms with Gasteiger partial charge in [0.1, 0.15) is 11.5 Å². The molecule has 0 spiro atoms. The number of para-hydroxylation sites is 1. The van der Waals surface area contributed by atoms with Gasteiger partial charge in [-0.3, -0.25) is 0 Å². The van der Waals surface area contributed by atoms with Crippen LogP contribution < -0.4 is 4.74 Å². The van der Waals surface area contributed by atoms with Crippen LogP contribution in [0.5, 0.6) is 11.5 Å². The van der Waals surface area contributed by atoms with Crippen LogP contribution in [-0.4, -0.2) is 19.0 Å². The standard InChI is InChI=1S/C16H16F3NO/c1-20(2)11-12-5-3-4-6-15(12)21-14-9-7-13(8-10-14)16(17,18)19/h3-10H,11H2,1-2H3. The van der Waals surface area contributed by atoms with Gasteiger partial charge in [0.15, 0.2) is 0 Å². The van der Waals surface area contributed by atoms with E-state index in [2.05, 4.69) is 0 Å². The molecular weight excluding hydrogens is 279 g/mol. The summed E-state index contributed by atoms with van der Waals surface area (Å²) in [7, 11) is 3.88. The maximum atomic E-state index is 12.5. The Morgan fingerprint density at radius 1 is 0.952 bits per heavy atom. The number of alkyl halides is 3. The number of benzene rings is 2. The number of ether oxygens (including phenoxy) is 1. The van der Waals surface area contributed by atoms with Crippen LogP contribution >= 0.6 is 0 Å². The number of hydrogen-bond acceptors (Lipinski definition) is 2. The molecule has 0 radical (unpaired) electrons. The normalized spacial score (nSPS) is 11.7. The van der Waals surface area contributed by atoms with Crippen molar-refractivity contribution in [1.82, 2.24) is 4.90 Å². The zero-order valence-electron chi connectivity index (χ0n) is 11.8. The molecule has 0 aliphatic rings. The van der Waals surface area contributed by atoms with Crippen LogP contribution in [0.15, 0.2) is 48.5 Å². The number of nitrogens with zero attached hydrogens (tertiary/aromatic N) is 1. The molecule has 21 heavy (non-hydrogen) atoms. The lowest BCUT2D eigenvalue weighted by molar-refractivity contribution is -0.137. The van der Waals surface area contributed by atoms with Crippen molar-refractivity contribution in [2.45, 2.75) is 12.7 Å². The first kappa shape index (κ1) is 15.4. The highest BCUT2D eigenvalue weighted by Crippen LogP contribution is 2.32. The summed E-state index contributed by atoms with van der Waals surface area (Å²) < 4.78 is 43.2. The zero-order chi connectivity index (χ0) is 15.5. The Morgan fingerprint density at radius 3 is 2.14 bits per heavy atom. The molecule has 0 amide bonds. The smallest absolute Gasteiger partial charge is 0.416 e. The fraction of sp³-hybridized carbons (Fsp3) is 0.250. The van der Waals surface area contributed by atoms with Crippen molar-refractivity contribution < 1.29 is 17.9 Å². The predicted octanol–water partition coefficient (Wildman–Crippen LogP) is 4.56. The Labute approximate surface area is 121 Å². The van der Waals surface area contributed by atoms with Gasteiger partial charge in [-0.05, 0) is 44.4 Å². The van der Waals surface area contributed by atoms with Gasteiger partial charge in [-0.25, -0.2) is 0 Å². The van der Waals surface area contributed by atoms with Crippen molar-refractivity contribution in [3.05, 3.63) is 59.7 Å². The average molecular weight is 295 g/mol. The summed E-state index contributed by atoms with van der Waals surface area (Å²) in [6.45, 7) is 0.691. The summed E-state index contributed by atoms with van der Waals surface area (Å²) in [5.74, 6) is 1.03. The van der Waals surface area contributed by atoms with E-state index in [4.69, 9.17) is 4.74 Å². The van der Waals surface area contributed by atoms with E-state index in [1.165, 1.54) is 12.1 Å². The quantitative estimate of drug-likeness (QED) is 0.820. The molecule has 0 heterocycles. The Kier molecular flexibility index (Phi) is 4.53. The van der Waals surface area contributed by atoms with Crippen LogP contribution in [0.1, 0.15) is 11.1 Å². The Balaban J connectivity index is 2.19. The molecule has 0 aromatic heterocycles. The van der Waals surface area contributed by atoms with Crippen LogP contribution in [0.3, 0.4) is 0 Å². The van der Waals surface area contributed by atoms with Gasteiger partial charge < -0.3 is 9.64 Å². The number of rotatable bonds is 4. The predicted molar refractivity (Wildman–Crippen MR) is 75.4 cm³/mol. The molecule has 2 aromatic rings. The van der Waals surface area contributed by atoms with Crippen molar-refractivity contribution >= 4 is 0 Å². The molecular formula is C16H16F3NO. The van der Waals surface area contributed by atoms with Gasteiger partial charge in [0.2, 0.25) is 0 Å². The fourth-order valence-corrected chi connectivity index (χ4v) is 1.91. The minimum atomic E-state index is -4.33. The van der Waals surface area contributed by atoms with E-state index in [9.17, 15) is 13.2 Å². The van der Waals surface area contributed by atoms with Gasteiger partial charge in [-0.2, -0.15) is 13.2 Å². The lowest BCUT2D eigenvalue weighted by Crippen LogP contribution is -2.11. The first-order chi connectivity index (χ1) is 9.86. The lowest BCUT2D eigenvalue weighted by Gasteiger charge is -2.15. The van der Waals surface area contributed by atoms with Crippen molar-refractivity contribution in [2.75, 3.05) is 14.1 Å². The summed E-state index contributed by atoms with van der Waals surface area (Å²) in [4.78, 5) is 1.99. The summed E-state index contributed by atoms with van der Waals surface area (Å²) in [6.07, 6.45) is -4.33. The molecule has 0 N–H and O–H groups in total. The third kappa shape index (κ3) is 4.23. The van der Waals surface area contributed by atoms with Crippen molar-refractivity contribution in [2.24, 2.45) is 0 Å². The molecule has 0 unspecified atom stereocenters. The molecule has 0 aliphatic carbocycles. The maximum Gasteiger partial charge on any atom is 0.416 e. The first-order valence-electron chi connectivity index (χ1n) is 6.44. The van der Waals surface area contributed by atoms with Crippen LogP contribution in [0, 0.1) is 0 Å². The maximum absolute atomic E-state index is 12.5. The Morgan fingerprint density at radius 2 is 1.57 bits per heavy atom. The van der Waals surface area contributed by atoms with E-state index in [0.717, 1.165) is 17.7 Å². The SMILES string of the molecule is CN(C)Cc1ccccc1Oc1ccc(C(F)(F)F)cc1. The van der Waals surface area contributed by atoms with Crippen molar-refractivity contribution in [1.29, 1.82) is 0 Å². The summed E-state index contributed by atoms with van der Waals surface area (Å²) in [6, 6.07) is 12.2. The lowest BCUT2D eigenvalue weighted by atomic mass is 10.2. The molecule has 0 aliphatic heterocycles. The summed E-state index contributed by atoms with van der Waals surface area (Å²) in [5.41, 5.74) is 0.291. The van der Waals surface area contributed by atoms with Crippen LogP contribution in [-0.2, 0) is 12.7 Å². The highest BCUT2D eigenvalue weighted by Gasteiger charge is 2.30. The van der Waals surface area contributed by atoms with Crippen molar-refractivity contribution in [3.63, 3.8) is 0 Å². The third-order valence-electron chi connectivity index (χ3n) is 2.87. The summed E-state index contributed by atoms with van der Waals surface area (Å²) in [5, 5.41) is 0. The van der Waals surface area contributed by atoms with E-state index in [1.807, 2.05) is 37.2 Å². The van der Waals surface area contributed by atoms with Gasteiger partial charge >= 0.3 is 6.18 Å². The molecule has 2 aromatic carbocycles. The average Bonchev–Trinajstić information content (AvgIpc) is 2.40. The topological polar surface area (TPSA) is 12.5 Å². The minimum absolute atomic E-state index is 0.384. The van der Waals surface area contributed by atoms with Crippen LogP contribution in [0.2, 0.25) is 0 Å². The highest BCUT2D eigenvalue weighted by molar-refractivity contribution is 5.38. The monoisotopic (exact) mass is 295 g/mol. The molecule has 2 nitrogen and oxygen atoms in total. The molecule has 0 bridgehead atoms. The van der Waals surface area contributed by atoms with Gasteiger partial charge in [-0.15, -0.1) is 0 Å². The Hall–Kier alpha value is -2.01. The van der Waals surface area contributed by atoms with E-state index >= 15 is 0 Å². The molecule has 0 saturated heterocycles. The largest absolute Gasteiger partial charge is 0.457 e. The molecule has 0 fully saturated rings. The first-order valence-corrected chi connectivity index (χ1v) is 6.44. The second kappa shape index (κ2) is 6.18. The highest BCUT2D eigenvalue weighted by atomic mass is 19.4. The molecule has 0 atom stereocenters. The fourth-order valence-electron chi connectivity index (χ4n) is 1.91. The van der Waals surface area contributed by atoms with Gasteiger partial charge in [0, 0.05) is 12.1 Å². The number of halogens is 3. The van der Waals surface area contributed by atoms with Crippen LogP contribution in [0.4, 0.5) is 13.2 Å². The van der Waals surface area contributed by atoms with E-state index in [-0.39, 0.29) is 0 Å². The van der Waals surface area contributed by atoms with Gasteiger partial charge in [-0.1, -0.05) is 18.2 Å². The molecule has 0 saturated carbocycles. The minimum Gasteiger partial charge on any atom is -0.457 e. The van der Waals surface area contributed by atoms with E-state index in [0.29, 0.717) is 18.0 Å². The van der Waals surface area contributed by atoms with Gasteiger partial charge in [0.05, 0.1) is 5.56 Å². The summed E-state index contributed by atoms with van der Waals surface area (Å²) >= 11 is 0. The second-order valence-corrected chi connectivity index (χ2v) is 4.97. The molecule has 5 heteroatoms.